The zero-order valence-corrected chi connectivity index (χ0v) is 9.51. The van der Waals surface area contributed by atoms with E-state index in [-0.39, 0.29) is 0 Å². The molecule has 0 saturated carbocycles. The molecule has 0 radical (unpaired) electrons. The summed E-state index contributed by atoms with van der Waals surface area (Å²) in [6, 6.07) is 8.38. The van der Waals surface area contributed by atoms with E-state index in [1.165, 1.54) is 11.1 Å². The molecule has 0 fully saturated rings. The van der Waals surface area contributed by atoms with Gasteiger partial charge in [-0.2, -0.15) is 5.10 Å². The van der Waals surface area contributed by atoms with Crippen molar-refractivity contribution in [2.24, 2.45) is 0 Å². The van der Waals surface area contributed by atoms with Crippen molar-refractivity contribution in [1.29, 1.82) is 0 Å². The van der Waals surface area contributed by atoms with Crippen molar-refractivity contribution in [2.45, 2.75) is 13.3 Å². The first-order chi connectivity index (χ1) is 6.83. The molecule has 1 N–H and O–H groups in total. The smallest absolute Gasteiger partial charge is 0.108 e. The van der Waals surface area contributed by atoms with Gasteiger partial charge in [0, 0.05) is 5.56 Å². The number of nitrogens with zero attached hydrogens (tertiary/aromatic N) is 1. The molecule has 2 aromatic rings. The number of benzene rings is 1. The highest BCUT2D eigenvalue weighted by molar-refractivity contribution is 9.10. The Morgan fingerprint density at radius 1 is 1.29 bits per heavy atom. The second-order valence-electron chi connectivity index (χ2n) is 3.11. The summed E-state index contributed by atoms with van der Waals surface area (Å²) in [7, 11) is 0. The lowest BCUT2D eigenvalue weighted by atomic mass is 10.0. The summed E-state index contributed by atoms with van der Waals surface area (Å²) >= 11 is 3.45. The van der Waals surface area contributed by atoms with E-state index in [0.29, 0.717) is 0 Å². The van der Waals surface area contributed by atoms with Crippen LogP contribution >= 0.6 is 15.9 Å². The molecular weight excluding hydrogens is 240 g/mol. The van der Waals surface area contributed by atoms with Crippen LogP contribution in [0, 0.1) is 0 Å². The van der Waals surface area contributed by atoms with Crippen LogP contribution in [0.15, 0.2) is 35.1 Å². The molecule has 2 rings (SSSR count). The number of H-pyrrole nitrogens is 1. The van der Waals surface area contributed by atoms with E-state index in [1.807, 2.05) is 12.3 Å². The molecule has 72 valence electrons. The average molecular weight is 251 g/mol. The quantitative estimate of drug-likeness (QED) is 0.870. The van der Waals surface area contributed by atoms with Gasteiger partial charge in [-0.1, -0.05) is 31.2 Å². The van der Waals surface area contributed by atoms with Crippen molar-refractivity contribution in [2.75, 3.05) is 0 Å². The van der Waals surface area contributed by atoms with Crippen LogP contribution in [0.1, 0.15) is 12.5 Å². The van der Waals surface area contributed by atoms with Crippen molar-refractivity contribution >= 4 is 15.9 Å². The molecule has 0 bridgehead atoms. The average Bonchev–Trinajstić information content (AvgIpc) is 2.64. The predicted octanol–water partition coefficient (Wildman–Crippen LogP) is 3.40. The molecule has 0 aliphatic carbocycles. The maximum absolute atomic E-state index is 4.00. The molecule has 0 aliphatic rings. The Labute approximate surface area is 91.5 Å². The van der Waals surface area contributed by atoms with Gasteiger partial charge in [0.1, 0.15) is 4.60 Å². The fourth-order valence-electron chi connectivity index (χ4n) is 1.55. The minimum atomic E-state index is 0.943. The van der Waals surface area contributed by atoms with Crippen molar-refractivity contribution in [3.63, 3.8) is 0 Å². The lowest BCUT2D eigenvalue weighted by Gasteiger charge is -2.05. The van der Waals surface area contributed by atoms with Gasteiger partial charge in [0.05, 0.1) is 6.20 Å². The van der Waals surface area contributed by atoms with E-state index in [2.05, 4.69) is 51.3 Å². The maximum atomic E-state index is 4.00. The van der Waals surface area contributed by atoms with Gasteiger partial charge in [0.25, 0.3) is 0 Å². The van der Waals surface area contributed by atoms with Gasteiger partial charge in [-0.15, -0.1) is 0 Å². The Bertz CT molecular complexity index is 434. The lowest BCUT2D eigenvalue weighted by molar-refractivity contribution is 1.07. The van der Waals surface area contributed by atoms with Crippen LogP contribution in [-0.4, -0.2) is 10.2 Å². The molecule has 0 spiro atoms. The highest BCUT2D eigenvalue weighted by Crippen LogP contribution is 2.28. The van der Waals surface area contributed by atoms with Gasteiger partial charge in [-0.05, 0) is 33.5 Å². The number of hydrogen-bond acceptors (Lipinski definition) is 1. The van der Waals surface area contributed by atoms with E-state index in [1.54, 1.807) is 0 Å². The Kier molecular flexibility index (Phi) is 2.68. The van der Waals surface area contributed by atoms with Crippen LogP contribution in [0.3, 0.4) is 0 Å². The standard InChI is InChI=1S/C11H11BrN2/c1-2-8-5-3-4-6-9(8)10-7-13-14-11(10)12/h3-7H,2H2,1H3,(H,13,14). The van der Waals surface area contributed by atoms with Crippen molar-refractivity contribution in [3.8, 4) is 11.1 Å². The molecule has 0 saturated heterocycles. The fraction of sp³-hybridized carbons (Fsp3) is 0.182. The summed E-state index contributed by atoms with van der Waals surface area (Å²) < 4.78 is 0.943. The van der Waals surface area contributed by atoms with Crippen LogP contribution in [0.25, 0.3) is 11.1 Å². The van der Waals surface area contributed by atoms with Gasteiger partial charge in [-0.3, -0.25) is 5.10 Å². The number of rotatable bonds is 2. The third-order valence-electron chi connectivity index (χ3n) is 2.28. The topological polar surface area (TPSA) is 28.7 Å². The predicted molar refractivity (Wildman–Crippen MR) is 61.1 cm³/mol. The van der Waals surface area contributed by atoms with Crippen molar-refractivity contribution < 1.29 is 0 Å². The minimum Gasteiger partial charge on any atom is -0.271 e. The SMILES string of the molecule is CCc1ccccc1-c1cn[nH]c1Br. The molecule has 0 unspecified atom stereocenters. The Morgan fingerprint density at radius 3 is 2.71 bits per heavy atom. The van der Waals surface area contributed by atoms with E-state index < -0.39 is 0 Å². The Balaban J connectivity index is 2.56. The normalized spacial score (nSPS) is 10.4. The van der Waals surface area contributed by atoms with Gasteiger partial charge >= 0.3 is 0 Å². The summed E-state index contributed by atoms with van der Waals surface area (Å²) in [5.74, 6) is 0. The van der Waals surface area contributed by atoms with E-state index in [0.717, 1.165) is 16.6 Å². The zero-order valence-electron chi connectivity index (χ0n) is 7.92. The van der Waals surface area contributed by atoms with E-state index in [9.17, 15) is 0 Å². The van der Waals surface area contributed by atoms with E-state index >= 15 is 0 Å². The largest absolute Gasteiger partial charge is 0.271 e. The van der Waals surface area contributed by atoms with Crippen LogP contribution in [0.2, 0.25) is 0 Å². The second kappa shape index (κ2) is 3.96. The first kappa shape index (κ1) is 9.46. The summed E-state index contributed by atoms with van der Waals surface area (Å²) in [6.45, 7) is 2.16. The van der Waals surface area contributed by atoms with Gasteiger partial charge < -0.3 is 0 Å². The van der Waals surface area contributed by atoms with Gasteiger partial charge in [-0.25, -0.2) is 0 Å². The van der Waals surface area contributed by atoms with Crippen LogP contribution < -0.4 is 0 Å². The highest BCUT2D eigenvalue weighted by atomic mass is 79.9. The molecule has 1 heterocycles. The molecule has 2 nitrogen and oxygen atoms in total. The number of halogens is 1. The summed E-state index contributed by atoms with van der Waals surface area (Å²) in [6.07, 6.45) is 2.88. The molecule has 1 aromatic carbocycles. The van der Waals surface area contributed by atoms with Crippen LogP contribution in [-0.2, 0) is 6.42 Å². The fourth-order valence-corrected chi connectivity index (χ4v) is 1.97. The molecule has 14 heavy (non-hydrogen) atoms. The molecule has 0 atom stereocenters. The Morgan fingerprint density at radius 2 is 2.07 bits per heavy atom. The van der Waals surface area contributed by atoms with E-state index in [4.69, 9.17) is 0 Å². The molecular formula is C11H11BrN2. The summed E-state index contributed by atoms with van der Waals surface area (Å²) in [5, 5.41) is 6.89. The lowest BCUT2D eigenvalue weighted by Crippen LogP contribution is -1.85. The first-order valence-corrected chi connectivity index (χ1v) is 5.39. The van der Waals surface area contributed by atoms with Gasteiger partial charge in [0.15, 0.2) is 0 Å². The van der Waals surface area contributed by atoms with Crippen LogP contribution in [0.5, 0.6) is 0 Å². The Hall–Kier alpha value is -1.09. The molecule has 3 heteroatoms. The third-order valence-corrected chi connectivity index (χ3v) is 2.89. The number of aromatic amines is 1. The maximum Gasteiger partial charge on any atom is 0.108 e. The zero-order chi connectivity index (χ0) is 9.97. The number of aromatic nitrogens is 2. The number of aryl methyl sites for hydroxylation is 1. The highest BCUT2D eigenvalue weighted by Gasteiger charge is 2.07. The number of hydrogen-bond donors (Lipinski definition) is 1. The first-order valence-electron chi connectivity index (χ1n) is 4.60. The second-order valence-corrected chi connectivity index (χ2v) is 3.90. The molecule has 0 aliphatic heterocycles. The summed E-state index contributed by atoms with van der Waals surface area (Å²) in [5.41, 5.74) is 3.72. The molecule has 1 aromatic heterocycles. The minimum absolute atomic E-state index is 0.943. The monoisotopic (exact) mass is 250 g/mol. The summed E-state index contributed by atoms with van der Waals surface area (Å²) in [4.78, 5) is 0. The van der Waals surface area contributed by atoms with Crippen molar-refractivity contribution in [3.05, 3.63) is 40.6 Å². The van der Waals surface area contributed by atoms with Crippen molar-refractivity contribution in [1.82, 2.24) is 10.2 Å². The molecule has 0 amide bonds. The van der Waals surface area contributed by atoms with Crippen LogP contribution in [0.4, 0.5) is 0 Å². The number of nitrogens with one attached hydrogen (secondary N) is 1. The van der Waals surface area contributed by atoms with Gasteiger partial charge in [0.2, 0.25) is 0 Å². The third kappa shape index (κ3) is 1.60.